The van der Waals surface area contributed by atoms with Gasteiger partial charge in [0, 0.05) is 50.0 Å². The first-order chi connectivity index (χ1) is 31.2. The van der Waals surface area contributed by atoms with E-state index < -0.39 is 0 Å². The highest BCUT2D eigenvalue weighted by Crippen LogP contribution is 2.39. The monoisotopic (exact) mass is 803 g/mol. The maximum Gasteiger partial charge on any atom is 0.0547 e. The Kier molecular flexibility index (Phi) is 8.83. The van der Waals surface area contributed by atoms with Gasteiger partial charge in [0.25, 0.3) is 0 Å². The lowest BCUT2D eigenvalue weighted by atomic mass is 9.99. The van der Waals surface area contributed by atoms with Crippen molar-refractivity contribution in [1.82, 2.24) is 9.13 Å². The van der Waals surface area contributed by atoms with Crippen molar-refractivity contribution < 1.29 is 0 Å². The molecule has 0 saturated carbocycles. The molecule has 12 rings (SSSR count). The molecule has 0 fully saturated rings. The largest absolute Gasteiger partial charge is 0.311 e. The Morgan fingerprint density at radius 2 is 0.540 bits per heavy atom. The van der Waals surface area contributed by atoms with Crippen molar-refractivity contribution in [2.45, 2.75) is 0 Å². The Bertz CT molecular complexity index is 3510. The van der Waals surface area contributed by atoms with Gasteiger partial charge >= 0.3 is 0 Å². The van der Waals surface area contributed by atoms with E-state index in [9.17, 15) is 0 Å². The lowest BCUT2D eigenvalue weighted by Gasteiger charge is -2.26. The van der Waals surface area contributed by atoms with Gasteiger partial charge in [-0.25, -0.2) is 0 Å². The highest BCUT2D eigenvalue weighted by molar-refractivity contribution is 6.11. The summed E-state index contributed by atoms with van der Waals surface area (Å²) in [5.41, 5.74) is 17.6. The summed E-state index contributed by atoms with van der Waals surface area (Å²) in [6.07, 6.45) is 0. The average Bonchev–Trinajstić information content (AvgIpc) is 3.88. The Morgan fingerprint density at radius 1 is 0.222 bits per heavy atom. The lowest BCUT2D eigenvalue weighted by molar-refractivity contribution is 1.18. The molecule has 12 aromatic rings. The van der Waals surface area contributed by atoms with Crippen LogP contribution in [0.1, 0.15) is 0 Å². The number of hydrogen-bond acceptors (Lipinski definition) is 1. The van der Waals surface area contributed by atoms with Crippen molar-refractivity contribution >= 4 is 60.7 Å². The molecule has 2 heterocycles. The number of anilines is 3. The van der Waals surface area contributed by atoms with Crippen molar-refractivity contribution in [2.24, 2.45) is 0 Å². The van der Waals surface area contributed by atoms with E-state index in [4.69, 9.17) is 0 Å². The normalized spacial score (nSPS) is 11.5. The van der Waals surface area contributed by atoms with E-state index in [0.717, 1.165) is 22.7 Å². The second-order valence-corrected chi connectivity index (χ2v) is 16.2. The quantitative estimate of drug-likeness (QED) is 0.149. The number of para-hydroxylation sites is 5. The standard InChI is InChI=1S/C60H41N3/c1-3-13-48(14-4-1)61(51-36-29-44(30-37-51)45-31-38-52(39-32-45)62-57-20-10-7-17-53(57)54-18-8-11-21-58(54)62)50-34-27-43(28-35-50)42-23-25-46(26-24-42)47-33-40-56-55-19-9-12-22-59(55)63(60(56)41-47)49-15-5-2-6-16-49/h1-41H. The molecule has 63 heavy (non-hydrogen) atoms. The molecule has 0 aliphatic rings. The van der Waals surface area contributed by atoms with Crippen LogP contribution in [0.5, 0.6) is 0 Å². The Hall–Kier alpha value is -8.40. The zero-order valence-corrected chi connectivity index (χ0v) is 34.5. The summed E-state index contributed by atoms with van der Waals surface area (Å²) in [6.45, 7) is 0. The van der Waals surface area contributed by atoms with Crippen LogP contribution < -0.4 is 4.90 Å². The molecule has 0 unspecified atom stereocenters. The number of rotatable bonds is 8. The molecule has 296 valence electrons. The third-order valence-corrected chi connectivity index (χ3v) is 12.5. The maximum atomic E-state index is 2.38. The summed E-state index contributed by atoms with van der Waals surface area (Å²) in [7, 11) is 0. The third-order valence-electron chi connectivity index (χ3n) is 12.5. The molecule has 0 N–H and O–H groups in total. The number of fused-ring (bicyclic) bond motifs is 6. The predicted molar refractivity (Wildman–Crippen MR) is 266 cm³/mol. The van der Waals surface area contributed by atoms with Crippen LogP contribution in [0.15, 0.2) is 249 Å². The van der Waals surface area contributed by atoms with E-state index in [0.29, 0.717) is 0 Å². The Balaban J connectivity index is 0.819. The van der Waals surface area contributed by atoms with Crippen LogP contribution in [0, 0.1) is 0 Å². The van der Waals surface area contributed by atoms with Crippen LogP contribution in [0.3, 0.4) is 0 Å². The highest BCUT2D eigenvalue weighted by Gasteiger charge is 2.16. The van der Waals surface area contributed by atoms with Crippen molar-refractivity contribution in [2.75, 3.05) is 4.90 Å². The SMILES string of the molecule is c1ccc(N(c2ccc(-c3ccc(-c4ccc5c6ccccc6n(-c6ccccc6)c5c4)cc3)cc2)c2ccc(-c3ccc(-n4c5ccccc5c5ccccc54)cc3)cc2)cc1. The fraction of sp³-hybridized carbons (Fsp3) is 0. The van der Waals surface area contributed by atoms with E-state index in [1.165, 1.54) is 82.7 Å². The van der Waals surface area contributed by atoms with Crippen LogP contribution in [-0.2, 0) is 0 Å². The smallest absolute Gasteiger partial charge is 0.0547 e. The van der Waals surface area contributed by atoms with Gasteiger partial charge in [-0.3, -0.25) is 0 Å². The van der Waals surface area contributed by atoms with Gasteiger partial charge in [-0.1, -0.05) is 164 Å². The average molecular weight is 804 g/mol. The molecule has 10 aromatic carbocycles. The second-order valence-electron chi connectivity index (χ2n) is 16.2. The van der Waals surface area contributed by atoms with Gasteiger partial charge in [0.05, 0.1) is 22.1 Å². The minimum Gasteiger partial charge on any atom is -0.311 e. The van der Waals surface area contributed by atoms with Crippen LogP contribution in [-0.4, -0.2) is 9.13 Å². The summed E-state index contributed by atoms with van der Waals surface area (Å²) < 4.78 is 4.74. The minimum atomic E-state index is 1.10. The van der Waals surface area contributed by atoms with Crippen LogP contribution in [0.2, 0.25) is 0 Å². The molecule has 0 amide bonds. The zero-order chi connectivity index (χ0) is 41.7. The van der Waals surface area contributed by atoms with Crippen molar-refractivity contribution in [3.63, 3.8) is 0 Å². The molecule has 0 saturated heterocycles. The molecule has 0 bridgehead atoms. The van der Waals surface area contributed by atoms with E-state index in [1.807, 2.05) is 0 Å². The molecule has 0 spiro atoms. The van der Waals surface area contributed by atoms with Gasteiger partial charge in [0.1, 0.15) is 0 Å². The fourth-order valence-corrected chi connectivity index (χ4v) is 9.49. The summed E-state index contributed by atoms with van der Waals surface area (Å²) in [6, 6.07) is 89.9. The molecule has 3 heteroatoms. The molecule has 0 radical (unpaired) electrons. The maximum absolute atomic E-state index is 2.38. The topological polar surface area (TPSA) is 13.1 Å². The van der Waals surface area contributed by atoms with E-state index in [1.54, 1.807) is 0 Å². The van der Waals surface area contributed by atoms with Crippen molar-refractivity contribution in [3.8, 4) is 44.8 Å². The predicted octanol–water partition coefficient (Wildman–Crippen LogP) is 16.4. The van der Waals surface area contributed by atoms with E-state index in [2.05, 4.69) is 263 Å². The number of nitrogens with zero attached hydrogens (tertiary/aromatic N) is 3. The summed E-state index contributed by atoms with van der Waals surface area (Å²) >= 11 is 0. The molecule has 0 atom stereocenters. The summed E-state index contributed by atoms with van der Waals surface area (Å²) in [5, 5.41) is 5.07. The van der Waals surface area contributed by atoms with E-state index >= 15 is 0 Å². The molecule has 0 aliphatic carbocycles. The molecule has 2 aromatic heterocycles. The highest BCUT2D eigenvalue weighted by atomic mass is 15.1. The van der Waals surface area contributed by atoms with Crippen molar-refractivity contribution in [3.05, 3.63) is 249 Å². The first-order valence-corrected chi connectivity index (χ1v) is 21.6. The summed E-state index contributed by atoms with van der Waals surface area (Å²) in [5.74, 6) is 0. The molecule has 3 nitrogen and oxygen atoms in total. The minimum absolute atomic E-state index is 1.10. The van der Waals surface area contributed by atoms with E-state index in [-0.39, 0.29) is 0 Å². The van der Waals surface area contributed by atoms with Crippen LogP contribution in [0.25, 0.3) is 88.4 Å². The number of hydrogen-bond donors (Lipinski definition) is 0. The van der Waals surface area contributed by atoms with Crippen LogP contribution in [0.4, 0.5) is 17.1 Å². The molecular formula is C60H41N3. The molecule has 0 aliphatic heterocycles. The van der Waals surface area contributed by atoms with Gasteiger partial charge in [-0.05, 0) is 118 Å². The Labute approximate surface area is 366 Å². The fourth-order valence-electron chi connectivity index (χ4n) is 9.49. The first kappa shape index (κ1) is 36.5. The molecular weight excluding hydrogens is 763 g/mol. The van der Waals surface area contributed by atoms with Crippen molar-refractivity contribution in [1.29, 1.82) is 0 Å². The van der Waals surface area contributed by atoms with Gasteiger partial charge in [-0.2, -0.15) is 0 Å². The van der Waals surface area contributed by atoms with Gasteiger partial charge in [0.15, 0.2) is 0 Å². The van der Waals surface area contributed by atoms with Crippen LogP contribution >= 0.6 is 0 Å². The van der Waals surface area contributed by atoms with Gasteiger partial charge < -0.3 is 14.0 Å². The summed E-state index contributed by atoms with van der Waals surface area (Å²) in [4.78, 5) is 2.33. The third kappa shape index (κ3) is 6.38. The zero-order valence-electron chi connectivity index (χ0n) is 34.5. The lowest BCUT2D eigenvalue weighted by Crippen LogP contribution is -2.09. The Morgan fingerprint density at radius 3 is 1.03 bits per heavy atom. The second kappa shape index (κ2) is 15.3. The van der Waals surface area contributed by atoms with Gasteiger partial charge in [0.2, 0.25) is 0 Å². The van der Waals surface area contributed by atoms with Gasteiger partial charge in [-0.15, -0.1) is 0 Å². The first-order valence-electron chi connectivity index (χ1n) is 21.6. The number of benzene rings is 10. The number of aromatic nitrogens is 2.